The number of rotatable bonds is 5. The first-order valence-electron chi connectivity index (χ1n) is 8.53. The van der Waals surface area contributed by atoms with Crippen LogP contribution in [0.15, 0.2) is 34.2 Å². The fourth-order valence-corrected chi connectivity index (χ4v) is 3.48. The molecule has 1 aliphatic rings. The van der Waals surface area contributed by atoms with Crippen LogP contribution in [0.4, 0.5) is 0 Å². The second-order valence-corrected chi connectivity index (χ2v) is 8.45. The number of hydrogen-bond donors (Lipinski definition) is 3. The quantitative estimate of drug-likeness (QED) is 0.526. The van der Waals surface area contributed by atoms with Crippen molar-refractivity contribution >= 4 is 16.0 Å². The Morgan fingerprint density at radius 3 is 2.44 bits per heavy atom. The summed E-state index contributed by atoms with van der Waals surface area (Å²) in [5, 5.41) is 11.9. The molecule has 7 nitrogen and oxygen atoms in total. The fraction of sp³-hybridized carbons (Fsp3) is 0.588. The van der Waals surface area contributed by atoms with Gasteiger partial charge < -0.3 is 10.6 Å². The monoisotopic (exact) mass is 367 g/mol. The van der Waals surface area contributed by atoms with Gasteiger partial charge in [-0.1, -0.05) is 19.1 Å². The van der Waals surface area contributed by atoms with Gasteiger partial charge in [0.2, 0.25) is 10.0 Å². The minimum atomic E-state index is -3.65. The summed E-state index contributed by atoms with van der Waals surface area (Å²) in [4.78, 5) is 6.87. The standard InChI is InChI=1S/C17H29N5O2S/c1-12(2)22-10-13(3)16(11-22)21-17(19-4)20-9-14-5-7-15(8-6-14)25(18,23)24/h5-8,12-13,16H,9-11H2,1-4H3,(H2,18,23,24)(H2,19,20,21). The van der Waals surface area contributed by atoms with Crippen LogP contribution in [-0.4, -0.2) is 51.5 Å². The molecule has 25 heavy (non-hydrogen) atoms. The Morgan fingerprint density at radius 2 is 1.96 bits per heavy atom. The molecule has 0 bridgehead atoms. The van der Waals surface area contributed by atoms with E-state index in [-0.39, 0.29) is 4.90 Å². The molecule has 2 rings (SSSR count). The highest BCUT2D eigenvalue weighted by atomic mass is 32.2. The minimum Gasteiger partial charge on any atom is -0.352 e. The van der Waals surface area contributed by atoms with E-state index in [9.17, 15) is 8.42 Å². The number of sulfonamides is 1. The van der Waals surface area contributed by atoms with E-state index in [1.807, 2.05) is 0 Å². The van der Waals surface area contributed by atoms with Gasteiger partial charge in [0.05, 0.1) is 4.90 Å². The molecule has 1 saturated heterocycles. The first-order valence-corrected chi connectivity index (χ1v) is 10.1. The Hall–Kier alpha value is -1.64. The van der Waals surface area contributed by atoms with Gasteiger partial charge in [-0.25, -0.2) is 13.6 Å². The maximum atomic E-state index is 11.3. The van der Waals surface area contributed by atoms with Gasteiger partial charge in [-0.3, -0.25) is 9.89 Å². The van der Waals surface area contributed by atoms with E-state index in [1.54, 1.807) is 19.2 Å². The molecule has 1 heterocycles. The Bertz CT molecular complexity index is 700. The van der Waals surface area contributed by atoms with Crippen molar-refractivity contribution in [3.8, 4) is 0 Å². The summed E-state index contributed by atoms with van der Waals surface area (Å²) in [5.74, 6) is 1.30. The summed E-state index contributed by atoms with van der Waals surface area (Å²) < 4.78 is 22.6. The van der Waals surface area contributed by atoms with Gasteiger partial charge in [-0.2, -0.15) is 0 Å². The Kier molecular flexibility index (Phi) is 6.42. The maximum Gasteiger partial charge on any atom is 0.238 e. The van der Waals surface area contributed by atoms with Crippen LogP contribution in [-0.2, 0) is 16.6 Å². The SMILES string of the molecule is CN=C(NCc1ccc(S(N)(=O)=O)cc1)NC1CN(C(C)C)CC1C. The summed E-state index contributed by atoms with van der Waals surface area (Å²) in [6.07, 6.45) is 0. The first-order chi connectivity index (χ1) is 11.7. The van der Waals surface area contributed by atoms with Crippen LogP contribution in [0.2, 0.25) is 0 Å². The zero-order valence-electron chi connectivity index (χ0n) is 15.4. The highest BCUT2D eigenvalue weighted by Gasteiger charge is 2.31. The third-order valence-corrected chi connectivity index (χ3v) is 5.56. The summed E-state index contributed by atoms with van der Waals surface area (Å²) >= 11 is 0. The summed E-state index contributed by atoms with van der Waals surface area (Å²) in [6.45, 7) is 9.32. The molecule has 2 atom stereocenters. The Morgan fingerprint density at radius 1 is 1.32 bits per heavy atom. The molecule has 1 aromatic rings. The van der Waals surface area contributed by atoms with Crippen molar-refractivity contribution < 1.29 is 8.42 Å². The van der Waals surface area contributed by atoms with Gasteiger partial charge in [-0.05, 0) is 37.5 Å². The maximum absolute atomic E-state index is 11.3. The van der Waals surface area contributed by atoms with Gasteiger partial charge in [0.1, 0.15) is 0 Å². The van der Waals surface area contributed by atoms with Crippen LogP contribution in [0.5, 0.6) is 0 Å². The lowest BCUT2D eigenvalue weighted by molar-refractivity contribution is 0.265. The molecule has 140 valence electrons. The molecule has 1 aliphatic heterocycles. The molecular weight excluding hydrogens is 338 g/mol. The number of nitrogens with zero attached hydrogens (tertiary/aromatic N) is 2. The third kappa shape index (κ3) is 5.42. The van der Waals surface area contributed by atoms with Crippen LogP contribution in [0.1, 0.15) is 26.3 Å². The molecule has 0 saturated carbocycles. The molecule has 2 unspecified atom stereocenters. The number of benzene rings is 1. The lowest BCUT2D eigenvalue weighted by Gasteiger charge is -2.22. The fourth-order valence-electron chi connectivity index (χ4n) is 2.97. The topological polar surface area (TPSA) is 99.8 Å². The Balaban J connectivity index is 1.91. The molecule has 0 spiro atoms. The van der Waals surface area contributed by atoms with Gasteiger partial charge >= 0.3 is 0 Å². The number of hydrogen-bond acceptors (Lipinski definition) is 4. The van der Waals surface area contributed by atoms with Crippen molar-refractivity contribution in [3.05, 3.63) is 29.8 Å². The second kappa shape index (κ2) is 8.16. The van der Waals surface area contributed by atoms with Crippen molar-refractivity contribution in [2.75, 3.05) is 20.1 Å². The second-order valence-electron chi connectivity index (χ2n) is 6.89. The van der Waals surface area contributed by atoms with E-state index in [1.165, 1.54) is 12.1 Å². The van der Waals surface area contributed by atoms with Crippen molar-refractivity contribution in [1.29, 1.82) is 0 Å². The van der Waals surface area contributed by atoms with E-state index >= 15 is 0 Å². The molecule has 4 N–H and O–H groups in total. The smallest absolute Gasteiger partial charge is 0.238 e. The zero-order chi connectivity index (χ0) is 18.6. The number of nitrogens with one attached hydrogen (secondary N) is 2. The molecular formula is C17H29N5O2S. The summed E-state index contributed by atoms with van der Waals surface area (Å²) in [5.41, 5.74) is 0.957. The van der Waals surface area contributed by atoms with E-state index < -0.39 is 10.0 Å². The number of nitrogens with two attached hydrogens (primary N) is 1. The lowest BCUT2D eigenvalue weighted by atomic mass is 10.1. The largest absolute Gasteiger partial charge is 0.352 e. The van der Waals surface area contributed by atoms with Crippen LogP contribution >= 0.6 is 0 Å². The van der Waals surface area contributed by atoms with E-state index in [2.05, 4.69) is 41.3 Å². The molecule has 1 aromatic carbocycles. The van der Waals surface area contributed by atoms with Crippen LogP contribution in [0.3, 0.4) is 0 Å². The molecule has 0 aliphatic carbocycles. The van der Waals surface area contributed by atoms with Crippen molar-refractivity contribution in [1.82, 2.24) is 15.5 Å². The van der Waals surface area contributed by atoms with Crippen LogP contribution < -0.4 is 15.8 Å². The van der Waals surface area contributed by atoms with Gasteiger partial charge in [-0.15, -0.1) is 0 Å². The summed E-state index contributed by atoms with van der Waals surface area (Å²) in [7, 11) is -1.90. The minimum absolute atomic E-state index is 0.118. The summed E-state index contributed by atoms with van der Waals surface area (Å²) in [6, 6.07) is 7.43. The zero-order valence-corrected chi connectivity index (χ0v) is 16.2. The molecule has 0 radical (unpaired) electrons. The van der Waals surface area contributed by atoms with E-state index in [0.29, 0.717) is 24.5 Å². The van der Waals surface area contributed by atoms with Crippen LogP contribution in [0, 0.1) is 5.92 Å². The van der Waals surface area contributed by atoms with Gasteiger partial charge in [0.15, 0.2) is 5.96 Å². The third-order valence-electron chi connectivity index (χ3n) is 4.63. The number of likely N-dealkylation sites (tertiary alicyclic amines) is 1. The molecule has 0 aromatic heterocycles. The van der Waals surface area contributed by atoms with Crippen molar-refractivity contribution in [2.45, 2.75) is 44.3 Å². The first kappa shape index (κ1) is 19.7. The Labute approximate surface area is 150 Å². The average molecular weight is 368 g/mol. The van der Waals surface area contributed by atoms with Crippen LogP contribution in [0.25, 0.3) is 0 Å². The highest BCUT2D eigenvalue weighted by Crippen LogP contribution is 2.18. The van der Waals surface area contributed by atoms with Gasteiger partial charge in [0, 0.05) is 38.8 Å². The predicted octanol–water partition coefficient (Wildman–Crippen LogP) is 0.728. The normalized spacial score (nSPS) is 22.4. The average Bonchev–Trinajstić information content (AvgIpc) is 2.92. The van der Waals surface area contributed by atoms with E-state index in [0.717, 1.165) is 24.6 Å². The number of aliphatic imine (C=N–C) groups is 1. The lowest BCUT2D eigenvalue weighted by Crippen LogP contribution is -2.46. The number of guanidine groups is 1. The molecule has 0 amide bonds. The predicted molar refractivity (Wildman–Crippen MR) is 101 cm³/mol. The van der Waals surface area contributed by atoms with Gasteiger partial charge in [0.25, 0.3) is 0 Å². The highest BCUT2D eigenvalue weighted by molar-refractivity contribution is 7.89. The molecule has 1 fully saturated rings. The number of primary sulfonamides is 1. The van der Waals surface area contributed by atoms with Crippen molar-refractivity contribution in [2.24, 2.45) is 16.0 Å². The molecule has 8 heteroatoms. The van der Waals surface area contributed by atoms with E-state index in [4.69, 9.17) is 5.14 Å². The van der Waals surface area contributed by atoms with Crippen molar-refractivity contribution in [3.63, 3.8) is 0 Å².